The highest BCUT2D eigenvalue weighted by atomic mass is 16.4. The van der Waals surface area contributed by atoms with Crippen molar-refractivity contribution < 1.29 is 10.3 Å². The predicted octanol–water partition coefficient (Wildman–Crippen LogP) is 4.21. The molecular formula is C18H21NO2. The molecule has 0 fully saturated rings. The van der Waals surface area contributed by atoms with Crippen molar-refractivity contribution in [1.82, 2.24) is 0 Å². The van der Waals surface area contributed by atoms with Crippen LogP contribution >= 0.6 is 0 Å². The molecule has 0 amide bonds. The van der Waals surface area contributed by atoms with Gasteiger partial charge in [-0.1, -0.05) is 55.4 Å². The van der Waals surface area contributed by atoms with Gasteiger partial charge in [-0.2, -0.15) is 0 Å². The molecule has 110 valence electrons. The molecule has 0 radical (unpaired) electrons. The van der Waals surface area contributed by atoms with Gasteiger partial charge in [0.25, 0.3) is 0 Å². The summed E-state index contributed by atoms with van der Waals surface area (Å²) in [5.74, 6) is 0.752. The minimum absolute atomic E-state index is 0.125. The standard InChI is InChI=1S/C18H21NO2/c1-13(2)8-9-14-10-11-17(20)16(12-14)18(19-21)15-6-4-3-5-7-15/h3-7,10-13,20-21H,8-9H2,1-2H3/b19-18+. The van der Waals surface area contributed by atoms with Crippen molar-refractivity contribution in [3.63, 3.8) is 0 Å². The van der Waals surface area contributed by atoms with Crippen LogP contribution in [0.25, 0.3) is 0 Å². The number of phenols is 1. The fourth-order valence-electron chi connectivity index (χ4n) is 2.25. The Labute approximate surface area is 125 Å². The number of benzene rings is 2. The fraction of sp³-hybridized carbons (Fsp3) is 0.278. The highest BCUT2D eigenvalue weighted by Crippen LogP contribution is 2.24. The van der Waals surface area contributed by atoms with Crippen LogP contribution in [0.3, 0.4) is 0 Å². The summed E-state index contributed by atoms with van der Waals surface area (Å²) in [7, 11) is 0. The van der Waals surface area contributed by atoms with Crippen LogP contribution in [0, 0.1) is 5.92 Å². The normalized spacial score (nSPS) is 11.9. The minimum Gasteiger partial charge on any atom is -0.507 e. The maximum atomic E-state index is 10.1. The molecule has 0 saturated carbocycles. The number of hydrogen-bond donors (Lipinski definition) is 2. The number of rotatable bonds is 5. The van der Waals surface area contributed by atoms with E-state index in [0.29, 0.717) is 17.2 Å². The summed E-state index contributed by atoms with van der Waals surface area (Å²) in [4.78, 5) is 0. The molecule has 0 aliphatic heterocycles. The molecule has 0 aliphatic rings. The van der Waals surface area contributed by atoms with Gasteiger partial charge in [0.1, 0.15) is 11.5 Å². The van der Waals surface area contributed by atoms with E-state index in [1.165, 1.54) is 0 Å². The molecule has 21 heavy (non-hydrogen) atoms. The zero-order valence-electron chi connectivity index (χ0n) is 12.5. The second-order valence-corrected chi connectivity index (χ2v) is 5.60. The highest BCUT2D eigenvalue weighted by molar-refractivity contribution is 6.14. The Morgan fingerprint density at radius 3 is 2.43 bits per heavy atom. The summed E-state index contributed by atoms with van der Waals surface area (Å²) in [6.45, 7) is 4.37. The molecule has 0 unspecified atom stereocenters. The van der Waals surface area contributed by atoms with Crippen molar-refractivity contribution in [3.8, 4) is 5.75 Å². The Balaban J connectivity index is 2.35. The van der Waals surface area contributed by atoms with Crippen LogP contribution in [-0.2, 0) is 6.42 Å². The van der Waals surface area contributed by atoms with Crippen molar-refractivity contribution in [2.45, 2.75) is 26.7 Å². The van der Waals surface area contributed by atoms with Gasteiger partial charge in [-0.05, 0) is 36.5 Å². The van der Waals surface area contributed by atoms with Gasteiger partial charge in [-0.15, -0.1) is 0 Å². The second-order valence-electron chi connectivity index (χ2n) is 5.60. The Hall–Kier alpha value is -2.29. The molecule has 0 aliphatic carbocycles. The smallest absolute Gasteiger partial charge is 0.125 e. The van der Waals surface area contributed by atoms with Crippen LogP contribution in [0.5, 0.6) is 5.75 Å². The van der Waals surface area contributed by atoms with E-state index in [9.17, 15) is 10.3 Å². The van der Waals surface area contributed by atoms with Crippen LogP contribution in [0.15, 0.2) is 53.7 Å². The number of aryl methyl sites for hydroxylation is 1. The van der Waals surface area contributed by atoms with Crippen LogP contribution in [0.2, 0.25) is 0 Å². The Morgan fingerprint density at radius 2 is 1.81 bits per heavy atom. The summed E-state index contributed by atoms with van der Waals surface area (Å²) in [5.41, 5.74) is 2.86. The van der Waals surface area contributed by atoms with Crippen LogP contribution in [0.4, 0.5) is 0 Å². The number of hydrogen-bond acceptors (Lipinski definition) is 3. The summed E-state index contributed by atoms with van der Waals surface area (Å²) in [5, 5.41) is 22.8. The van der Waals surface area contributed by atoms with Crippen molar-refractivity contribution in [1.29, 1.82) is 0 Å². The van der Waals surface area contributed by atoms with Crippen molar-refractivity contribution in [3.05, 3.63) is 65.2 Å². The molecule has 0 saturated heterocycles. The van der Waals surface area contributed by atoms with Gasteiger partial charge in [-0.25, -0.2) is 0 Å². The molecule has 3 heteroatoms. The predicted molar refractivity (Wildman–Crippen MR) is 85.1 cm³/mol. The van der Waals surface area contributed by atoms with E-state index in [-0.39, 0.29) is 5.75 Å². The van der Waals surface area contributed by atoms with E-state index in [0.717, 1.165) is 24.0 Å². The fourth-order valence-corrected chi connectivity index (χ4v) is 2.25. The third-order valence-corrected chi connectivity index (χ3v) is 3.47. The molecule has 2 N–H and O–H groups in total. The number of aromatic hydroxyl groups is 1. The maximum absolute atomic E-state index is 10.1. The average molecular weight is 283 g/mol. The first-order valence-corrected chi connectivity index (χ1v) is 7.21. The Morgan fingerprint density at radius 1 is 1.10 bits per heavy atom. The highest BCUT2D eigenvalue weighted by Gasteiger charge is 2.13. The van der Waals surface area contributed by atoms with Gasteiger partial charge in [-0.3, -0.25) is 0 Å². The molecule has 0 heterocycles. The van der Waals surface area contributed by atoms with Gasteiger partial charge >= 0.3 is 0 Å². The van der Waals surface area contributed by atoms with Gasteiger partial charge in [0.05, 0.1) is 0 Å². The molecule has 0 spiro atoms. The zero-order valence-corrected chi connectivity index (χ0v) is 12.5. The van der Waals surface area contributed by atoms with Crippen molar-refractivity contribution >= 4 is 5.71 Å². The lowest BCUT2D eigenvalue weighted by molar-refractivity contribution is 0.319. The monoisotopic (exact) mass is 283 g/mol. The molecule has 3 nitrogen and oxygen atoms in total. The van der Waals surface area contributed by atoms with Crippen LogP contribution in [0.1, 0.15) is 37.0 Å². The van der Waals surface area contributed by atoms with E-state index in [1.54, 1.807) is 6.07 Å². The maximum Gasteiger partial charge on any atom is 0.125 e. The summed E-state index contributed by atoms with van der Waals surface area (Å²) >= 11 is 0. The molecule has 2 aromatic rings. The number of phenolic OH excluding ortho intramolecular Hbond substituents is 1. The zero-order chi connectivity index (χ0) is 15.2. The third kappa shape index (κ3) is 3.85. The van der Waals surface area contributed by atoms with Crippen LogP contribution in [-0.4, -0.2) is 16.0 Å². The molecule has 0 bridgehead atoms. The summed E-state index contributed by atoms with van der Waals surface area (Å²) < 4.78 is 0. The Kier molecular flexibility index (Phi) is 4.99. The Bertz CT molecular complexity index is 618. The summed E-state index contributed by atoms with van der Waals surface area (Å²) in [6.07, 6.45) is 2.03. The first-order valence-electron chi connectivity index (χ1n) is 7.21. The molecule has 2 aromatic carbocycles. The summed E-state index contributed by atoms with van der Waals surface area (Å²) in [6, 6.07) is 14.8. The van der Waals surface area contributed by atoms with Crippen molar-refractivity contribution in [2.75, 3.05) is 0 Å². The van der Waals surface area contributed by atoms with E-state index in [1.807, 2.05) is 42.5 Å². The number of oxime groups is 1. The minimum atomic E-state index is 0.125. The SMILES string of the molecule is CC(C)CCc1ccc(O)c(/C(=N/O)c2ccccc2)c1. The van der Waals surface area contributed by atoms with Crippen LogP contribution < -0.4 is 0 Å². The average Bonchev–Trinajstić information content (AvgIpc) is 2.49. The first kappa shape index (κ1) is 15.1. The quantitative estimate of drug-likeness (QED) is 0.490. The lowest BCUT2D eigenvalue weighted by atomic mass is 9.96. The lowest BCUT2D eigenvalue weighted by Gasteiger charge is -2.10. The van der Waals surface area contributed by atoms with E-state index < -0.39 is 0 Å². The molecular weight excluding hydrogens is 262 g/mol. The largest absolute Gasteiger partial charge is 0.507 e. The van der Waals surface area contributed by atoms with Gasteiger partial charge in [0.15, 0.2) is 0 Å². The van der Waals surface area contributed by atoms with Crippen molar-refractivity contribution in [2.24, 2.45) is 11.1 Å². The van der Waals surface area contributed by atoms with Gasteiger partial charge in [0, 0.05) is 11.1 Å². The van der Waals surface area contributed by atoms with Gasteiger partial charge < -0.3 is 10.3 Å². The van der Waals surface area contributed by atoms with E-state index >= 15 is 0 Å². The number of nitrogens with zero attached hydrogens (tertiary/aromatic N) is 1. The topological polar surface area (TPSA) is 52.8 Å². The molecule has 2 rings (SSSR count). The van der Waals surface area contributed by atoms with E-state index in [4.69, 9.17) is 0 Å². The molecule has 0 atom stereocenters. The first-order chi connectivity index (χ1) is 10.1. The lowest BCUT2D eigenvalue weighted by Crippen LogP contribution is -2.05. The molecule has 0 aromatic heterocycles. The van der Waals surface area contributed by atoms with Gasteiger partial charge in [0.2, 0.25) is 0 Å². The third-order valence-electron chi connectivity index (χ3n) is 3.47. The second kappa shape index (κ2) is 6.93. The van der Waals surface area contributed by atoms with E-state index in [2.05, 4.69) is 19.0 Å².